The van der Waals surface area contributed by atoms with E-state index in [1.54, 1.807) is 12.0 Å². The van der Waals surface area contributed by atoms with Crippen LogP contribution in [0.1, 0.15) is 16.7 Å². The largest absolute Gasteiger partial charge is 0.496 e. The van der Waals surface area contributed by atoms with E-state index in [4.69, 9.17) is 4.74 Å². The lowest BCUT2D eigenvalue weighted by atomic mass is 10.1. The van der Waals surface area contributed by atoms with E-state index in [1.165, 1.54) is 11.1 Å². The summed E-state index contributed by atoms with van der Waals surface area (Å²) in [5.41, 5.74) is 3.51. The molecule has 2 rings (SSSR count). The minimum absolute atomic E-state index is 0.0944. The van der Waals surface area contributed by atoms with E-state index >= 15 is 0 Å². The third-order valence-corrected chi connectivity index (χ3v) is 4.13. The van der Waals surface area contributed by atoms with Gasteiger partial charge in [-0.2, -0.15) is 0 Å². The Morgan fingerprint density at radius 1 is 0.958 bits per heavy atom. The van der Waals surface area contributed by atoms with Crippen molar-refractivity contribution in [1.29, 1.82) is 0 Å². The number of ether oxygens (including phenoxy) is 1. The highest BCUT2D eigenvalue weighted by atomic mass is 16.5. The molecule has 0 N–H and O–H groups in total. The van der Waals surface area contributed by atoms with Gasteiger partial charge in [0, 0.05) is 25.7 Å². The lowest BCUT2D eigenvalue weighted by Gasteiger charge is -2.23. The van der Waals surface area contributed by atoms with Gasteiger partial charge in [-0.25, -0.2) is 0 Å². The second-order valence-corrected chi connectivity index (χ2v) is 6.16. The first-order valence-corrected chi connectivity index (χ1v) is 8.10. The Hall–Kier alpha value is -2.33. The van der Waals surface area contributed by atoms with Gasteiger partial charge in [-0.05, 0) is 31.2 Å². The van der Waals surface area contributed by atoms with Crippen molar-refractivity contribution >= 4 is 5.91 Å². The minimum atomic E-state index is 0.0944. The number of hydrogen-bond acceptors (Lipinski definition) is 3. The number of methoxy groups -OCH3 is 1. The van der Waals surface area contributed by atoms with Gasteiger partial charge in [0.2, 0.25) is 5.91 Å². The molecule has 4 nitrogen and oxygen atoms in total. The first kappa shape index (κ1) is 18.0. The van der Waals surface area contributed by atoms with E-state index in [2.05, 4.69) is 19.1 Å². The maximum Gasteiger partial charge on any atom is 0.236 e. The molecule has 24 heavy (non-hydrogen) atoms. The van der Waals surface area contributed by atoms with E-state index in [1.807, 2.05) is 55.4 Å². The van der Waals surface area contributed by atoms with Crippen molar-refractivity contribution in [3.63, 3.8) is 0 Å². The molecule has 4 heteroatoms. The number of likely N-dealkylation sites (N-methyl/N-ethyl adjacent to an activating group) is 2. The Bertz CT molecular complexity index is 685. The summed E-state index contributed by atoms with van der Waals surface area (Å²) in [6.45, 7) is 3.79. The zero-order valence-electron chi connectivity index (χ0n) is 15.0. The number of benzene rings is 2. The summed E-state index contributed by atoms with van der Waals surface area (Å²) in [5.74, 6) is 0.905. The van der Waals surface area contributed by atoms with Crippen molar-refractivity contribution in [2.45, 2.75) is 20.0 Å². The highest BCUT2D eigenvalue weighted by Crippen LogP contribution is 2.18. The monoisotopic (exact) mass is 326 g/mol. The summed E-state index contributed by atoms with van der Waals surface area (Å²) in [6.07, 6.45) is 0. The molecule has 0 atom stereocenters. The van der Waals surface area contributed by atoms with Crippen LogP contribution >= 0.6 is 0 Å². The lowest BCUT2D eigenvalue weighted by molar-refractivity contribution is -0.131. The third kappa shape index (κ3) is 4.83. The number of carbonyl (C=O) groups is 1. The molecule has 2 aromatic carbocycles. The first-order valence-electron chi connectivity index (χ1n) is 8.10. The second-order valence-electron chi connectivity index (χ2n) is 6.16. The fraction of sp³-hybridized carbons (Fsp3) is 0.350. The Morgan fingerprint density at radius 2 is 1.58 bits per heavy atom. The fourth-order valence-corrected chi connectivity index (χ4v) is 2.66. The minimum Gasteiger partial charge on any atom is -0.496 e. The van der Waals surface area contributed by atoms with Crippen LogP contribution in [0.2, 0.25) is 0 Å². The lowest BCUT2D eigenvalue weighted by Crippen LogP contribution is -2.36. The van der Waals surface area contributed by atoms with Crippen LogP contribution in [0.3, 0.4) is 0 Å². The number of aryl methyl sites for hydroxylation is 1. The molecule has 0 saturated carbocycles. The van der Waals surface area contributed by atoms with Crippen LogP contribution in [0.5, 0.6) is 5.75 Å². The summed E-state index contributed by atoms with van der Waals surface area (Å²) in [5, 5.41) is 0. The number of para-hydroxylation sites is 1. The van der Waals surface area contributed by atoms with Crippen LogP contribution in [0, 0.1) is 6.92 Å². The molecule has 0 aromatic heterocycles. The van der Waals surface area contributed by atoms with Gasteiger partial charge in [0.25, 0.3) is 0 Å². The summed E-state index contributed by atoms with van der Waals surface area (Å²) < 4.78 is 5.35. The normalized spacial score (nSPS) is 10.7. The van der Waals surface area contributed by atoms with E-state index < -0.39 is 0 Å². The fourth-order valence-electron chi connectivity index (χ4n) is 2.66. The molecule has 0 aliphatic heterocycles. The number of carbonyl (C=O) groups excluding carboxylic acids is 1. The molecule has 0 radical (unpaired) electrons. The van der Waals surface area contributed by atoms with Crippen LogP contribution in [0.4, 0.5) is 0 Å². The van der Waals surface area contributed by atoms with Crippen LogP contribution in [0.25, 0.3) is 0 Å². The zero-order valence-corrected chi connectivity index (χ0v) is 15.0. The number of nitrogens with zero attached hydrogens (tertiary/aromatic N) is 2. The Kier molecular flexibility index (Phi) is 6.38. The Labute approximate surface area is 144 Å². The standard InChI is InChI=1S/C20H26N2O2/c1-16-9-5-6-10-17(16)13-21(2)15-20(23)22(3)14-18-11-7-8-12-19(18)24-4/h5-12H,13-15H2,1-4H3. The molecule has 0 aliphatic carbocycles. The molecule has 128 valence electrons. The summed E-state index contributed by atoms with van der Waals surface area (Å²) in [7, 11) is 5.45. The molecular formula is C20H26N2O2. The molecule has 0 bridgehead atoms. The summed E-state index contributed by atoms with van der Waals surface area (Å²) in [6, 6.07) is 16.1. The predicted molar refractivity (Wildman–Crippen MR) is 97.0 cm³/mol. The molecule has 0 fully saturated rings. The molecular weight excluding hydrogens is 300 g/mol. The van der Waals surface area contributed by atoms with E-state index in [0.29, 0.717) is 13.1 Å². The van der Waals surface area contributed by atoms with Crippen molar-refractivity contribution < 1.29 is 9.53 Å². The average molecular weight is 326 g/mol. The molecule has 2 aromatic rings. The highest BCUT2D eigenvalue weighted by Gasteiger charge is 2.14. The SMILES string of the molecule is COc1ccccc1CN(C)C(=O)CN(C)Cc1ccccc1C. The van der Waals surface area contributed by atoms with Crippen LogP contribution in [-0.2, 0) is 17.9 Å². The second kappa shape index (κ2) is 8.50. The third-order valence-electron chi connectivity index (χ3n) is 4.13. The Morgan fingerprint density at radius 3 is 2.25 bits per heavy atom. The van der Waals surface area contributed by atoms with Gasteiger partial charge in [0.15, 0.2) is 0 Å². The van der Waals surface area contributed by atoms with E-state index in [-0.39, 0.29) is 5.91 Å². The molecule has 1 amide bonds. The van der Waals surface area contributed by atoms with Crippen molar-refractivity contribution in [1.82, 2.24) is 9.80 Å². The Balaban J connectivity index is 1.92. The highest BCUT2D eigenvalue weighted by molar-refractivity contribution is 5.78. The number of rotatable bonds is 7. The van der Waals surface area contributed by atoms with Gasteiger partial charge in [-0.3, -0.25) is 9.69 Å². The van der Waals surface area contributed by atoms with Crippen LogP contribution in [0.15, 0.2) is 48.5 Å². The summed E-state index contributed by atoms with van der Waals surface area (Å²) >= 11 is 0. The number of hydrogen-bond donors (Lipinski definition) is 0. The smallest absolute Gasteiger partial charge is 0.236 e. The van der Waals surface area contributed by atoms with Crippen LogP contribution < -0.4 is 4.74 Å². The van der Waals surface area contributed by atoms with Gasteiger partial charge in [0.05, 0.1) is 13.7 Å². The first-order chi connectivity index (χ1) is 11.5. The van der Waals surface area contributed by atoms with E-state index in [0.717, 1.165) is 17.9 Å². The maximum atomic E-state index is 12.5. The van der Waals surface area contributed by atoms with Crippen molar-refractivity contribution in [3.05, 3.63) is 65.2 Å². The van der Waals surface area contributed by atoms with Gasteiger partial charge in [-0.15, -0.1) is 0 Å². The van der Waals surface area contributed by atoms with Gasteiger partial charge in [-0.1, -0.05) is 42.5 Å². The topological polar surface area (TPSA) is 32.8 Å². The molecule has 0 unspecified atom stereocenters. The number of amides is 1. The maximum absolute atomic E-state index is 12.5. The van der Waals surface area contributed by atoms with Crippen molar-refractivity contribution in [2.24, 2.45) is 0 Å². The van der Waals surface area contributed by atoms with Gasteiger partial charge < -0.3 is 9.64 Å². The van der Waals surface area contributed by atoms with E-state index in [9.17, 15) is 4.79 Å². The molecule has 0 saturated heterocycles. The van der Waals surface area contributed by atoms with Crippen molar-refractivity contribution in [3.8, 4) is 5.75 Å². The van der Waals surface area contributed by atoms with Crippen LogP contribution in [-0.4, -0.2) is 43.5 Å². The average Bonchev–Trinajstić information content (AvgIpc) is 2.57. The zero-order chi connectivity index (χ0) is 17.5. The molecule has 0 aliphatic rings. The molecule has 0 spiro atoms. The molecule has 0 heterocycles. The summed E-state index contributed by atoms with van der Waals surface area (Å²) in [4.78, 5) is 16.3. The predicted octanol–water partition coefficient (Wildman–Crippen LogP) is 3.09. The quantitative estimate of drug-likeness (QED) is 0.784. The van der Waals surface area contributed by atoms with Gasteiger partial charge >= 0.3 is 0 Å². The van der Waals surface area contributed by atoms with Gasteiger partial charge in [0.1, 0.15) is 5.75 Å². The van der Waals surface area contributed by atoms with Crippen molar-refractivity contribution in [2.75, 3.05) is 27.7 Å².